The molecule has 0 aliphatic carbocycles. The van der Waals surface area contributed by atoms with Crippen LogP contribution in [0.25, 0.3) is 11.4 Å². The van der Waals surface area contributed by atoms with Gasteiger partial charge in [-0.15, -0.1) is 0 Å². The van der Waals surface area contributed by atoms with E-state index in [9.17, 15) is 10.1 Å². The van der Waals surface area contributed by atoms with Crippen molar-refractivity contribution in [1.29, 1.82) is 0 Å². The molecule has 1 atom stereocenters. The summed E-state index contributed by atoms with van der Waals surface area (Å²) in [7, 11) is 1.53. The van der Waals surface area contributed by atoms with E-state index < -0.39 is 11.0 Å². The van der Waals surface area contributed by atoms with Crippen LogP contribution in [0, 0.1) is 10.1 Å². The van der Waals surface area contributed by atoms with Crippen molar-refractivity contribution in [2.75, 3.05) is 7.11 Å². The minimum absolute atomic E-state index is 0.102. The Labute approximate surface area is 147 Å². The van der Waals surface area contributed by atoms with Crippen LogP contribution in [0.3, 0.4) is 0 Å². The van der Waals surface area contributed by atoms with Gasteiger partial charge in [-0.05, 0) is 24.6 Å². The number of nitrogens with zero attached hydrogens (tertiary/aromatic N) is 5. The van der Waals surface area contributed by atoms with E-state index >= 15 is 0 Å². The highest BCUT2D eigenvalue weighted by molar-refractivity contribution is 6.30. The molecule has 1 unspecified atom stereocenters. The molecule has 2 aromatic heterocycles. The van der Waals surface area contributed by atoms with E-state index in [4.69, 9.17) is 20.9 Å². The van der Waals surface area contributed by atoms with E-state index in [1.807, 2.05) is 6.92 Å². The molecule has 0 N–H and O–H groups in total. The van der Waals surface area contributed by atoms with Crippen LogP contribution in [0.1, 0.15) is 25.3 Å². The summed E-state index contributed by atoms with van der Waals surface area (Å²) in [5.74, 6) is 1.16. The topological polar surface area (TPSA) is 109 Å². The number of hydrogen-bond donors (Lipinski definition) is 0. The van der Waals surface area contributed by atoms with Gasteiger partial charge in [0.25, 0.3) is 5.89 Å². The highest BCUT2D eigenvalue weighted by Gasteiger charge is 2.23. The standard InChI is InChI=1S/C15H14ClN5O4/c1-3-12(20-8-10(7-17-20)21(22)23)15-18-14(19-25-15)11-6-9(16)4-5-13(11)24-2/h4-8,12H,3H2,1-2H3. The van der Waals surface area contributed by atoms with Crippen LogP contribution in [0.2, 0.25) is 5.02 Å². The Balaban J connectivity index is 1.96. The Hall–Kier alpha value is -2.94. The molecule has 3 aromatic rings. The van der Waals surface area contributed by atoms with Gasteiger partial charge in [-0.1, -0.05) is 23.7 Å². The maximum Gasteiger partial charge on any atom is 0.307 e. The van der Waals surface area contributed by atoms with Crippen molar-refractivity contribution in [3.63, 3.8) is 0 Å². The van der Waals surface area contributed by atoms with Gasteiger partial charge in [0.2, 0.25) is 5.82 Å². The smallest absolute Gasteiger partial charge is 0.307 e. The molecule has 0 aliphatic rings. The first-order valence-electron chi connectivity index (χ1n) is 7.39. The van der Waals surface area contributed by atoms with Crippen LogP contribution < -0.4 is 4.74 Å². The van der Waals surface area contributed by atoms with Crippen molar-refractivity contribution in [2.45, 2.75) is 19.4 Å². The molecule has 0 bridgehead atoms. The third-order valence-electron chi connectivity index (χ3n) is 3.63. The number of rotatable bonds is 6. The van der Waals surface area contributed by atoms with E-state index in [2.05, 4.69) is 15.2 Å². The zero-order chi connectivity index (χ0) is 18.0. The number of ether oxygens (including phenoxy) is 1. The number of methoxy groups -OCH3 is 1. The zero-order valence-corrected chi connectivity index (χ0v) is 14.2. The lowest BCUT2D eigenvalue weighted by Gasteiger charge is -2.09. The van der Waals surface area contributed by atoms with Crippen LogP contribution in [0.4, 0.5) is 5.69 Å². The Morgan fingerprint density at radius 2 is 2.28 bits per heavy atom. The van der Waals surface area contributed by atoms with Gasteiger partial charge in [0.1, 0.15) is 24.2 Å². The fraction of sp³-hybridized carbons (Fsp3) is 0.267. The predicted octanol–water partition coefficient (Wildman–Crippen LogP) is 3.50. The van der Waals surface area contributed by atoms with Crippen molar-refractivity contribution in [3.05, 3.63) is 51.6 Å². The fourth-order valence-corrected chi connectivity index (χ4v) is 2.57. The summed E-state index contributed by atoms with van der Waals surface area (Å²) in [6, 6.07) is 4.67. The number of aromatic nitrogens is 4. The molecular formula is C15H14ClN5O4. The predicted molar refractivity (Wildman–Crippen MR) is 88.6 cm³/mol. The average Bonchev–Trinajstić information content (AvgIpc) is 3.26. The summed E-state index contributed by atoms with van der Waals surface area (Å²) in [5.41, 5.74) is 0.487. The van der Waals surface area contributed by atoms with Crippen LogP contribution in [-0.4, -0.2) is 32.0 Å². The van der Waals surface area contributed by atoms with E-state index in [0.717, 1.165) is 0 Å². The third-order valence-corrected chi connectivity index (χ3v) is 3.87. The lowest BCUT2D eigenvalue weighted by Crippen LogP contribution is -2.10. The van der Waals surface area contributed by atoms with Gasteiger partial charge in [-0.25, -0.2) is 0 Å². The number of hydrogen-bond acceptors (Lipinski definition) is 7. The molecule has 0 amide bonds. The molecular weight excluding hydrogens is 350 g/mol. The van der Waals surface area contributed by atoms with E-state index in [-0.39, 0.29) is 11.6 Å². The maximum absolute atomic E-state index is 10.8. The minimum atomic E-state index is -0.508. The van der Waals surface area contributed by atoms with Crippen molar-refractivity contribution in [2.24, 2.45) is 0 Å². The minimum Gasteiger partial charge on any atom is -0.496 e. The first-order valence-corrected chi connectivity index (χ1v) is 7.77. The van der Waals surface area contributed by atoms with Gasteiger partial charge in [0.05, 0.1) is 17.6 Å². The summed E-state index contributed by atoms with van der Waals surface area (Å²) in [6.07, 6.45) is 3.07. The fourth-order valence-electron chi connectivity index (χ4n) is 2.40. The van der Waals surface area contributed by atoms with E-state index in [0.29, 0.717) is 28.6 Å². The van der Waals surface area contributed by atoms with Crippen molar-refractivity contribution in [1.82, 2.24) is 19.9 Å². The lowest BCUT2D eigenvalue weighted by molar-refractivity contribution is -0.385. The number of halogens is 1. The second kappa shape index (κ2) is 6.89. The largest absolute Gasteiger partial charge is 0.496 e. The van der Waals surface area contributed by atoms with Crippen LogP contribution in [0.15, 0.2) is 35.1 Å². The van der Waals surface area contributed by atoms with Crippen molar-refractivity contribution < 1.29 is 14.2 Å². The molecule has 25 heavy (non-hydrogen) atoms. The molecule has 10 heteroatoms. The maximum atomic E-state index is 10.8. The quantitative estimate of drug-likeness (QED) is 0.487. The molecule has 0 aliphatic heterocycles. The van der Waals surface area contributed by atoms with Gasteiger partial charge >= 0.3 is 5.69 Å². The van der Waals surface area contributed by atoms with E-state index in [1.54, 1.807) is 18.2 Å². The zero-order valence-electron chi connectivity index (χ0n) is 13.4. The summed E-state index contributed by atoms with van der Waals surface area (Å²) in [6.45, 7) is 1.89. The first-order chi connectivity index (χ1) is 12.0. The normalized spacial score (nSPS) is 12.1. The highest BCUT2D eigenvalue weighted by Crippen LogP contribution is 2.32. The molecule has 130 valence electrons. The van der Waals surface area contributed by atoms with E-state index in [1.165, 1.54) is 24.2 Å². The van der Waals surface area contributed by atoms with Crippen LogP contribution in [-0.2, 0) is 0 Å². The molecule has 0 fully saturated rings. The Bertz CT molecular complexity index is 907. The number of benzene rings is 1. The molecule has 9 nitrogen and oxygen atoms in total. The Morgan fingerprint density at radius 3 is 2.92 bits per heavy atom. The lowest BCUT2D eigenvalue weighted by atomic mass is 10.2. The Morgan fingerprint density at radius 1 is 1.48 bits per heavy atom. The van der Waals surface area contributed by atoms with Crippen LogP contribution in [0.5, 0.6) is 5.75 Å². The molecule has 0 spiro atoms. The first kappa shape index (κ1) is 16.9. The van der Waals surface area contributed by atoms with Gasteiger partial charge in [-0.2, -0.15) is 10.1 Å². The Kier molecular flexibility index (Phi) is 4.66. The van der Waals surface area contributed by atoms with Gasteiger partial charge in [0, 0.05) is 5.02 Å². The third kappa shape index (κ3) is 3.31. The van der Waals surface area contributed by atoms with Crippen molar-refractivity contribution >= 4 is 17.3 Å². The second-order valence-corrected chi connectivity index (χ2v) is 5.60. The summed E-state index contributed by atoms with van der Waals surface area (Å²) in [5, 5.41) is 19.3. The molecule has 0 saturated carbocycles. The monoisotopic (exact) mass is 363 g/mol. The van der Waals surface area contributed by atoms with Gasteiger partial charge < -0.3 is 9.26 Å². The highest BCUT2D eigenvalue weighted by atomic mass is 35.5. The second-order valence-electron chi connectivity index (χ2n) is 5.16. The molecule has 3 rings (SSSR count). The average molecular weight is 364 g/mol. The van der Waals surface area contributed by atoms with Crippen molar-refractivity contribution in [3.8, 4) is 17.1 Å². The SMILES string of the molecule is CCC(c1nc(-c2cc(Cl)ccc2OC)no1)n1cc([N+](=O)[O-])cn1. The summed E-state index contributed by atoms with van der Waals surface area (Å²) >= 11 is 6.03. The summed E-state index contributed by atoms with van der Waals surface area (Å²) < 4.78 is 12.1. The molecule has 1 aromatic carbocycles. The van der Waals surface area contributed by atoms with Gasteiger partial charge in [0.15, 0.2) is 0 Å². The number of nitro groups is 1. The molecule has 2 heterocycles. The molecule has 0 saturated heterocycles. The molecule has 0 radical (unpaired) electrons. The van der Waals surface area contributed by atoms with Gasteiger partial charge in [-0.3, -0.25) is 14.8 Å². The summed E-state index contributed by atoms with van der Waals surface area (Å²) in [4.78, 5) is 14.7. The van der Waals surface area contributed by atoms with Crippen LogP contribution >= 0.6 is 11.6 Å².